The van der Waals surface area contributed by atoms with Crippen molar-refractivity contribution in [2.75, 3.05) is 5.32 Å². The Morgan fingerprint density at radius 3 is 2.82 bits per heavy atom. The van der Waals surface area contributed by atoms with Crippen molar-refractivity contribution >= 4 is 38.0 Å². The van der Waals surface area contributed by atoms with Crippen LogP contribution < -0.4 is 5.32 Å². The predicted octanol–water partition coefficient (Wildman–Crippen LogP) is 4.03. The SMILES string of the molecule is O=[N+]([O-])c1ccc(CNc2cccc(Br)c2)s1. The van der Waals surface area contributed by atoms with Gasteiger partial charge in [-0.1, -0.05) is 33.3 Å². The number of halogens is 1. The van der Waals surface area contributed by atoms with Crippen LogP contribution in [0.25, 0.3) is 0 Å². The summed E-state index contributed by atoms with van der Waals surface area (Å²) in [5.74, 6) is 0. The van der Waals surface area contributed by atoms with Gasteiger partial charge in [-0.05, 0) is 24.3 Å². The summed E-state index contributed by atoms with van der Waals surface area (Å²) >= 11 is 4.58. The molecule has 1 aromatic carbocycles. The molecule has 2 rings (SSSR count). The summed E-state index contributed by atoms with van der Waals surface area (Å²) in [6.07, 6.45) is 0. The molecule has 0 saturated heterocycles. The van der Waals surface area contributed by atoms with Crippen molar-refractivity contribution in [2.24, 2.45) is 0 Å². The summed E-state index contributed by atoms with van der Waals surface area (Å²) in [5.41, 5.74) is 0.982. The lowest BCUT2D eigenvalue weighted by Crippen LogP contribution is -1.96. The predicted molar refractivity (Wildman–Crippen MR) is 72.4 cm³/mol. The first kappa shape index (κ1) is 12.1. The van der Waals surface area contributed by atoms with E-state index in [1.54, 1.807) is 6.07 Å². The molecular formula is C11H9BrN2O2S. The molecule has 17 heavy (non-hydrogen) atoms. The summed E-state index contributed by atoms with van der Waals surface area (Å²) in [6.45, 7) is 0.592. The highest BCUT2D eigenvalue weighted by atomic mass is 79.9. The van der Waals surface area contributed by atoms with Crippen LogP contribution in [0.5, 0.6) is 0 Å². The standard InChI is InChI=1S/C11H9BrN2O2S/c12-8-2-1-3-9(6-8)13-7-10-4-5-11(17-10)14(15)16/h1-6,13H,7H2. The van der Waals surface area contributed by atoms with Crippen LogP contribution in [-0.2, 0) is 6.54 Å². The molecule has 0 unspecified atom stereocenters. The highest BCUT2D eigenvalue weighted by Gasteiger charge is 2.09. The van der Waals surface area contributed by atoms with Crippen molar-refractivity contribution in [1.82, 2.24) is 0 Å². The molecule has 0 fully saturated rings. The van der Waals surface area contributed by atoms with Gasteiger partial charge in [0, 0.05) is 27.6 Å². The largest absolute Gasteiger partial charge is 0.380 e. The van der Waals surface area contributed by atoms with Crippen LogP contribution in [0.2, 0.25) is 0 Å². The van der Waals surface area contributed by atoms with Gasteiger partial charge in [-0.25, -0.2) is 0 Å². The van der Waals surface area contributed by atoms with E-state index in [1.165, 1.54) is 17.4 Å². The third-order valence-electron chi connectivity index (χ3n) is 2.12. The topological polar surface area (TPSA) is 55.2 Å². The van der Waals surface area contributed by atoms with Gasteiger partial charge < -0.3 is 5.32 Å². The molecule has 0 aliphatic carbocycles. The van der Waals surface area contributed by atoms with Crippen LogP contribution in [0.4, 0.5) is 10.7 Å². The second-order valence-corrected chi connectivity index (χ2v) is 5.42. The molecule has 0 aliphatic rings. The monoisotopic (exact) mass is 312 g/mol. The molecule has 1 aromatic heterocycles. The van der Waals surface area contributed by atoms with E-state index in [1.807, 2.05) is 24.3 Å². The zero-order valence-electron chi connectivity index (χ0n) is 8.72. The lowest BCUT2D eigenvalue weighted by Gasteiger charge is -2.04. The average molecular weight is 313 g/mol. The highest BCUT2D eigenvalue weighted by Crippen LogP contribution is 2.25. The van der Waals surface area contributed by atoms with Crippen LogP contribution in [0, 0.1) is 10.1 Å². The smallest absolute Gasteiger partial charge is 0.324 e. The Morgan fingerprint density at radius 2 is 2.18 bits per heavy atom. The summed E-state index contributed by atoms with van der Waals surface area (Å²) in [5, 5.41) is 13.9. The molecular weight excluding hydrogens is 304 g/mol. The lowest BCUT2D eigenvalue weighted by molar-refractivity contribution is -0.380. The van der Waals surface area contributed by atoms with E-state index in [2.05, 4.69) is 21.2 Å². The van der Waals surface area contributed by atoms with Crippen LogP contribution >= 0.6 is 27.3 Å². The molecule has 0 saturated carbocycles. The molecule has 0 aliphatic heterocycles. The van der Waals surface area contributed by atoms with E-state index in [4.69, 9.17) is 0 Å². The van der Waals surface area contributed by atoms with Gasteiger partial charge in [0.25, 0.3) is 0 Å². The molecule has 0 spiro atoms. The van der Waals surface area contributed by atoms with Crippen LogP contribution in [0.3, 0.4) is 0 Å². The second kappa shape index (κ2) is 5.29. The molecule has 0 amide bonds. The van der Waals surface area contributed by atoms with E-state index in [9.17, 15) is 10.1 Å². The molecule has 6 heteroatoms. The summed E-state index contributed by atoms with van der Waals surface area (Å²) in [4.78, 5) is 11.1. The maximum Gasteiger partial charge on any atom is 0.324 e. The van der Waals surface area contributed by atoms with Crippen molar-refractivity contribution in [3.05, 3.63) is 55.9 Å². The van der Waals surface area contributed by atoms with E-state index in [-0.39, 0.29) is 9.92 Å². The number of benzene rings is 1. The minimum Gasteiger partial charge on any atom is -0.380 e. The highest BCUT2D eigenvalue weighted by molar-refractivity contribution is 9.10. The molecule has 4 nitrogen and oxygen atoms in total. The first-order valence-corrected chi connectivity index (χ1v) is 6.48. The van der Waals surface area contributed by atoms with Crippen molar-refractivity contribution < 1.29 is 4.92 Å². The number of hydrogen-bond acceptors (Lipinski definition) is 4. The quantitative estimate of drug-likeness (QED) is 0.685. The number of nitro groups is 1. The fourth-order valence-electron chi connectivity index (χ4n) is 1.35. The van der Waals surface area contributed by atoms with Gasteiger partial charge in [0.2, 0.25) is 0 Å². The minimum absolute atomic E-state index is 0.177. The second-order valence-electron chi connectivity index (χ2n) is 3.36. The van der Waals surface area contributed by atoms with Crippen molar-refractivity contribution in [1.29, 1.82) is 0 Å². The molecule has 2 aromatic rings. The maximum atomic E-state index is 10.5. The number of anilines is 1. The summed E-state index contributed by atoms with van der Waals surface area (Å²) in [7, 11) is 0. The normalized spacial score (nSPS) is 10.2. The molecule has 1 heterocycles. The Morgan fingerprint density at radius 1 is 1.35 bits per heavy atom. The third-order valence-corrected chi connectivity index (χ3v) is 3.65. The third kappa shape index (κ3) is 3.28. The van der Waals surface area contributed by atoms with Crippen LogP contribution in [-0.4, -0.2) is 4.92 Å². The van der Waals surface area contributed by atoms with Gasteiger partial charge in [0.05, 0.1) is 4.92 Å². The van der Waals surface area contributed by atoms with Gasteiger partial charge in [-0.3, -0.25) is 10.1 Å². The number of nitrogens with one attached hydrogen (secondary N) is 1. The Bertz CT molecular complexity index is 542. The molecule has 0 atom stereocenters. The first-order valence-electron chi connectivity index (χ1n) is 4.88. The van der Waals surface area contributed by atoms with Gasteiger partial charge >= 0.3 is 5.00 Å². The first-order chi connectivity index (χ1) is 8.15. The molecule has 0 bridgehead atoms. The Labute approximate surface area is 111 Å². The fraction of sp³-hybridized carbons (Fsp3) is 0.0909. The van der Waals surface area contributed by atoms with Gasteiger partial charge in [0.1, 0.15) is 0 Å². The van der Waals surface area contributed by atoms with Gasteiger partial charge in [-0.2, -0.15) is 0 Å². The van der Waals surface area contributed by atoms with Gasteiger partial charge in [-0.15, -0.1) is 0 Å². The molecule has 0 radical (unpaired) electrons. The van der Waals surface area contributed by atoms with Crippen molar-refractivity contribution in [2.45, 2.75) is 6.54 Å². The fourth-order valence-corrected chi connectivity index (χ4v) is 2.51. The van der Waals surface area contributed by atoms with E-state index >= 15 is 0 Å². The Balaban J connectivity index is 2.00. The Kier molecular flexibility index (Phi) is 3.75. The average Bonchev–Trinajstić information content (AvgIpc) is 2.75. The molecule has 88 valence electrons. The van der Waals surface area contributed by atoms with Crippen LogP contribution in [0.15, 0.2) is 40.9 Å². The minimum atomic E-state index is -0.368. The zero-order valence-corrected chi connectivity index (χ0v) is 11.1. The van der Waals surface area contributed by atoms with Gasteiger partial charge in [0.15, 0.2) is 0 Å². The van der Waals surface area contributed by atoms with Crippen molar-refractivity contribution in [3.63, 3.8) is 0 Å². The zero-order chi connectivity index (χ0) is 12.3. The number of hydrogen-bond donors (Lipinski definition) is 1. The van der Waals surface area contributed by atoms with Crippen LogP contribution in [0.1, 0.15) is 4.88 Å². The summed E-state index contributed by atoms with van der Waals surface area (Å²) < 4.78 is 1.000. The summed E-state index contributed by atoms with van der Waals surface area (Å²) in [6, 6.07) is 11.1. The maximum absolute atomic E-state index is 10.5. The Hall–Kier alpha value is -1.40. The number of rotatable bonds is 4. The van der Waals surface area contributed by atoms with Crippen molar-refractivity contribution in [3.8, 4) is 0 Å². The lowest BCUT2D eigenvalue weighted by atomic mass is 10.3. The molecule has 1 N–H and O–H groups in total. The van der Waals surface area contributed by atoms with E-state index < -0.39 is 0 Å². The number of thiophene rings is 1. The van der Waals surface area contributed by atoms with E-state index in [0.29, 0.717) is 6.54 Å². The van der Waals surface area contributed by atoms with E-state index in [0.717, 1.165) is 15.0 Å². The number of nitrogens with zero attached hydrogens (tertiary/aromatic N) is 1.